The lowest BCUT2D eigenvalue weighted by Crippen LogP contribution is -2.28. The number of rotatable bonds is 4. The molecular weight excluding hydrogens is 275 g/mol. The Hall–Kier alpha value is -1.92. The molecule has 1 rings (SSSR count). The Morgan fingerprint density at radius 3 is 2.50 bits per heavy atom. The fourth-order valence-electron chi connectivity index (χ4n) is 1.26. The third kappa shape index (κ3) is 5.81. The zero-order valence-corrected chi connectivity index (χ0v) is 11.4. The zero-order chi connectivity index (χ0) is 15.4. The fraction of sp³-hybridized carbons (Fsp3) is 0.462. The van der Waals surface area contributed by atoms with Crippen LogP contribution in [0.3, 0.4) is 0 Å². The molecule has 0 unspecified atom stereocenters. The van der Waals surface area contributed by atoms with Crippen LogP contribution in [0.25, 0.3) is 0 Å². The maximum atomic E-state index is 12.7. The summed E-state index contributed by atoms with van der Waals surface area (Å²) in [5, 5.41) is 2.36. The second-order valence-corrected chi connectivity index (χ2v) is 5.03. The van der Waals surface area contributed by atoms with Gasteiger partial charge in [0.1, 0.15) is 11.4 Å². The van der Waals surface area contributed by atoms with Crippen molar-refractivity contribution in [2.75, 3.05) is 12.0 Å². The van der Waals surface area contributed by atoms with E-state index in [2.05, 4.69) is 10.1 Å². The molecule has 0 bridgehead atoms. The van der Waals surface area contributed by atoms with Gasteiger partial charge < -0.3 is 9.47 Å². The van der Waals surface area contributed by atoms with E-state index in [0.29, 0.717) is 0 Å². The summed E-state index contributed by atoms with van der Waals surface area (Å²) in [5.41, 5.74) is -0.481. The highest BCUT2D eigenvalue weighted by atomic mass is 19.3. The molecule has 20 heavy (non-hydrogen) atoms. The van der Waals surface area contributed by atoms with Crippen LogP contribution in [0.1, 0.15) is 20.8 Å². The molecule has 0 saturated carbocycles. The van der Waals surface area contributed by atoms with Gasteiger partial charge in [-0.2, -0.15) is 8.78 Å². The molecule has 112 valence electrons. The smallest absolute Gasteiger partial charge is 0.427 e. The first-order valence-electron chi connectivity index (χ1n) is 5.84. The predicted molar refractivity (Wildman–Crippen MR) is 67.8 cm³/mol. The number of hydrogen-bond donors (Lipinski definition) is 1. The number of carbonyl (C=O) groups is 1. The lowest BCUT2D eigenvalue weighted by molar-refractivity contribution is -0.186. The van der Waals surface area contributed by atoms with Gasteiger partial charge in [-0.15, -0.1) is 0 Å². The van der Waals surface area contributed by atoms with Gasteiger partial charge in [-0.3, -0.25) is 5.32 Å². The van der Waals surface area contributed by atoms with E-state index in [9.17, 15) is 18.0 Å². The quantitative estimate of drug-likeness (QED) is 0.913. The Morgan fingerprint density at radius 2 is 1.95 bits per heavy atom. The van der Waals surface area contributed by atoms with Gasteiger partial charge in [0, 0.05) is 11.8 Å². The van der Waals surface area contributed by atoms with E-state index in [1.165, 1.54) is 18.2 Å². The average molecular weight is 291 g/mol. The number of nitrogens with one attached hydrogen (secondary N) is 1. The molecule has 0 aromatic heterocycles. The van der Waals surface area contributed by atoms with Crippen LogP contribution in [0, 0.1) is 0 Å². The van der Waals surface area contributed by atoms with E-state index in [1.54, 1.807) is 20.8 Å². The molecule has 0 atom stereocenters. The number of ether oxygens (including phenoxy) is 2. The van der Waals surface area contributed by atoms with Crippen molar-refractivity contribution in [2.45, 2.75) is 32.5 Å². The summed E-state index contributed by atoms with van der Waals surface area (Å²) in [7, 11) is 0. The molecular formula is C13H16F3NO3. The van der Waals surface area contributed by atoms with Gasteiger partial charge in [-0.25, -0.2) is 9.18 Å². The summed E-state index contributed by atoms with van der Waals surface area (Å²) >= 11 is 0. The van der Waals surface area contributed by atoms with Crippen LogP contribution >= 0.6 is 0 Å². The zero-order valence-electron chi connectivity index (χ0n) is 11.4. The van der Waals surface area contributed by atoms with Gasteiger partial charge in [0.15, 0.2) is 6.67 Å². The van der Waals surface area contributed by atoms with Crippen molar-refractivity contribution < 1.29 is 27.4 Å². The van der Waals surface area contributed by atoms with Crippen molar-refractivity contribution in [3.05, 3.63) is 24.3 Å². The highest BCUT2D eigenvalue weighted by Gasteiger charge is 2.31. The van der Waals surface area contributed by atoms with Crippen molar-refractivity contribution in [3.63, 3.8) is 0 Å². The van der Waals surface area contributed by atoms with E-state index in [4.69, 9.17) is 4.74 Å². The molecule has 1 aromatic carbocycles. The summed E-state index contributed by atoms with van der Waals surface area (Å²) in [5.74, 6) is -0.263. The van der Waals surface area contributed by atoms with E-state index in [0.717, 1.165) is 6.07 Å². The highest BCUT2D eigenvalue weighted by Crippen LogP contribution is 2.25. The molecule has 0 heterocycles. The van der Waals surface area contributed by atoms with Crippen molar-refractivity contribution in [1.29, 1.82) is 0 Å². The van der Waals surface area contributed by atoms with Gasteiger partial charge in [0.25, 0.3) is 0 Å². The third-order valence-electron chi connectivity index (χ3n) is 1.90. The molecule has 1 aromatic rings. The second kappa shape index (κ2) is 6.02. The van der Waals surface area contributed by atoms with Gasteiger partial charge in [0.05, 0.1) is 0 Å². The lowest BCUT2D eigenvalue weighted by atomic mass is 10.2. The number of carbonyl (C=O) groups excluding carboxylic acids is 1. The summed E-state index contributed by atoms with van der Waals surface area (Å²) in [4.78, 5) is 11.5. The Bertz CT molecular complexity index is 472. The molecule has 1 N–H and O–H groups in total. The van der Waals surface area contributed by atoms with Crippen molar-refractivity contribution in [1.82, 2.24) is 0 Å². The molecule has 1 amide bonds. The van der Waals surface area contributed by atoms with Crippen LogP contribution in [-0.4, -0.2) is 24.5 Å². The first-order chi connectivity index (χ1) is 9.11. The summed E-state index contributed by atoms with van der Waals surface area (Å²) < 4.78 is 46.7. The highest BCUT2D eigenvalue weighted by molar-refractivity contribution is 5.85. The van der Waals surface area contributed by atoms with E-state index in [1.807, 2.05) is 0 Å². The maximum Gasteiger partial charge on any atom is 0.427 e. The van der Waals surface area contributed by atoms with Gasteiger partial charge in [0.2, 0.25) is 0 Å². The third-order valence-corrected chi connectivity index (χ3v) is 1.90. The van der Waals surface area contributed by atoms with Gasteiger partial charge >= 0.3 is 12.2 Å². The number of hydrogen-bond acceptors (Lipinski definition) is 3. The van der Waals surface area contributed by atoms with Crippen molar-refractivity contribution >= 4 is 11.8 Å². The lowest BCUT2D eigenvalue weighted by Gasteiger charge is -2.20. The molecule has 7 heteroatoms. The Morgan fingerprint density at radius 1 is 1.30 bits per heavy atom. The monoisotopic (exact) mass is 291 g/mol. The Labute approximate surface area is 114 Å². The fourth-order valence-corrected chi connectivity index (χ4v) is 1.26. The predicted octanol–water partition coefficient (Wildman–Crippen LogP) is 3.97. The SMILES string of the molecule is CC(C)(C)OC(=O)Nc1cccc(OC(F)(F)CF)c1. The van der Waals surface area contributed by atoms with Crippen LogP contribution in [0.4, 0.5) is 23.7 Å². The number of anilines is 1. The minimum Gasteiger partial charge on any atom is -0.444 e. The Balaban J connectivity index is 2.71. The molecule has 0 spiro atoms. The van der Waals surface area contributed by atoms with Crippen LogP contribution in [-0.2, 0) is 4.74 Å². The van der Waals surface area contributed by atoms with Crippen LogP contribution in [0.5, 0.6) is 5.75 Å². The van der Waals surface area contributed by atoms with Crippen LogP contribution < -0.4 is 10.1 Å². The van der Waals surface area contributed by atoms with Gasteiger partial charge in [-0.05, 0) is 32.9 Å². The number of alkyl halides is 3. The summed E-state index contributed by atoms with van der Waals surface area (Å²) in [6, 6.07) is 5.22. The normalized spacial score (nSPS) is 11.9. The van der Waals surface area contributed by atoms with Crippen LogP contribution in [0.2, 0.25) is 0 Å². The minimum absolute atomic E-state index is 0.200. The van der Waals surface area contributed by atoms with Crippen molar-refractivity contribution in [3.8, 4) is 5.75 Å². The molecule has 0 saturated heterocycles. The van der Waals surface area contributed by atoms with Crippen LogP contribution in [0.15, 0.2) is 24.3 Å². The van der Waals surface area contributed by atoms with E-state index >= 15 is 0 Å². The first-order valence-corrected chi connectivity index (χ1v) is 5.84. The van der Waals surface area contributed by atoms with E-state index < -0.39 is 24.5 Å². The number of amides is 1. The van der Waals surface area contributed by atoms with Gasteiger partial charge in [-0.1, -0.05) is 6.07 Å². The molecule has 0 radical (unpaired) electrons. The summed E-state index contributed by atoms with van der Waals surface area (Å²) in [6.07, 6.45) is -4.63. The second-order valence-electron chi connectivity index (χ2n) is 5.03. The number of benzene rings is 1. The molecule has 0 aliphatic rings. The minimum atomic E-state index is -3.90. The standard InChI is InChI=1S/C13H16F3NO3/c1-12(2,3)20-11(18)17-9-5-4-6-10(7-9)19-13(15,16)8-14/h4-7H,8H2,1-3H3,(H,17,18). The first kappa shape index (κ1) is 16.1. The number of halogens is 3. The van der Waals surface area contributed by atoms with E-state index in [-0.39, 0.29) is 11.4 Å². The summed E-state index contributed by atoms with van der Waals surface area (Å²) in [6.45, 7) is 3.13. The Kier molecular flexibility index (Phi) is 4.86. The molecule has 0 aliphatic heterocycles. The molecule has 4 nitrogen and oxygen atoms in total. The largest absolute Gasteiger partial charge is 0.444 e. The maximum absolute atomic E-state index is 12.7. The molecule has 0 fully saturated rings. The topological polar surface area (TPSA) is 47.6 Å². The van der Waals surface area contributed by atoms with Crippen molar-refractivity contribution in [2.24, 2.45) is 0 Å². The molecule has 0 aliphatic carbocycles. The average Bonchev–Trinajstić information content (AvgIpc) is 2.26.